The lowest BCUT2D eigenvalue weighted by molar-refractivity contribution is -0.131. The Morgan fingerprint density at radius 2 is 1.73 bits per heavy atom. The third-order valence-electron chi connectivity index (χ3n) is 1.49. The SMILES string of the molecule is CC(=O)Oc1c(Cl)cc(C(=O)O)cc1Cl. The molecule has 0 aromatic heterocycles. The summed E-state index contributed by atoms with van der Waals surface area (Å²) in [6, 6.07) is 2.32. The average molecular weight is 249 g/mol. The number of rotatable bonds is 2. The highest BCUT2D eigenvalue weighted by Crippen LogP contribution is 2.34. The van der Waals surface area contributed by atoms with E-state index in [1.54, 1.807) is 0 Å². The molecule has 15 heavy (non-hydrogen) atoms. The van der Waals surface area contributed by atoms with Gasteiger partial charge in [0.1, 0.15) is 0 Å². The summed E-state index contributed by atoms with van der Waals surface area (Å²) in [4.78, 5) is 21.3. The third kappa shape index (κ3) is 2.84. The van der Waals surface area contributed by atoms with Gasteiger partial charge in [0.2, 0.25) is 0 Å². The molecule has 0 unspecified atom stereocenters. The summed E-state index contributed by atoms with van der Waals surface area (Å²) in [5.74, 6) is -1.77. The second-order valence-electron chi connectivity index (χ2n) is 2.67. The van der Waals surface area contributed by atoms with Crippen molar-refractivity contribution in [2.45, 2.75) is 6.92 Å². The summed E-state index contributed by atoms with van der Waals surface area (Å²) in [6.45, 7) is 1.19. The maximum Gasteiger partial charge on any atom is 0.335 e. The fourth-order valence-electron chi connectivity index (χ4n) is 0.925. The highest BCUT2D eigenvalue weighted by molar-refractivity contribution is 6.37. The predicted molar refractivity (Wildman–Crippen MR) is 54.7 cm³/mol. The van der Waals surface area contributed by atoms with Crippen LogP contribution in [0.2, 0.25) is 10.0 Å². The maximum atomic E-state index is 10.7. The van der Waals surface area contributed by atoms with E-state index in [0.29, 0.717) is 0 Å². The molecule has 0 bridgehead atoms. The van der Waals surface area contributed by atoms with Crippen LogP contribution in [0.1, 0.15) is 17.3 Å². The molecule has 1 aromatic rings. The Bertz CT molecular complexity index is 405. The van der Waals surface area contributed by atoms with Crippen LogP contribution >= 0.6 is 23.2 Å². The number of esters is 1. The molecule has 0 aliphatic carbocycles. The first-order valence-electron chi connectivity index (χ1n) is 3.82. The van der Waals surface area contributed by atoms with Gasteiger partial charge in [0.25, 0.3) is 0 Å². The van der Waals surface area contributed by atoms with Crippen LogP contribution in [0, 0.1) is 0 Å². The predicted octanol–water partition coefficient (Wildman–Crippen LogP) is 2.62. The van der Waals surface area contributed by atoms with Gasteiger partial charge in [0.05, 0.1) is 15.6 Å². The van der Waals surface area contributed by atoms with E-state index in [1.165, 1.54) is 6.92 Å². The first kappa shape index (κ1) is 11.8. The van der Waals surface area contributed by atoms with Crippen molar-refractivity contribution in [1.29, 1.82) is 0 Å². The molecular formula is C9H6Cl2O4. The normalized spacial score (nSPS) is 9.80. The Kier molecular flexibility index (Phi) is 3.55. The molecule has 1 N–H and O–H groups in total. The van der Waals surface area contributed by atoms with E-state index < -0.39 is 11.9 Å². The molecule has 0 heterocycles. The summed E-state index contributed by atoms with van der Waals surface area (Å²) in [5.41, 5.74) is -0.0686. The lowest BCUT2D eigenvalue weighted by atomic mass is 10.2. The molecule has 4 nitrogen and oxygen atoms in total. The van der Waals surface area contributed by atoms with Gasteiger partial charge in [0, 0.05) is 6.92 Å². The zero-order valence-electron chi connectivity index (χ0n) is 7.58. The minimum Gasteiger partial charge on any atom is -0.478 e. The van der Waals surface area contributed by atoms with E-state index >= 15 is 0 Å². The Hall–Kier alpha value is -1.26. The van der Waals surface area contributed by atoms with Gasteiger partial charge in [-0.3, -0.25) is 4.79 Å². The van der Waals surface area contributed by atoms with Crippen molar-refractivity contribution in [3.8, 4) is 5.75 Å². The molecule has 0 atom stereocenters. The molecule has 6 heteroatoms. The number of hydrogen-bond acceptors (Lipinski definition) is 3. The number of carboxylic acids is 1. The summed E-state index contributed by atoms with van der Waals surface area (Å²) < 4.78 is 4.71. The van der Waals surface area contributed by atoms with Gasteiger partial charge < -0.3 is 9.84 Å². The summed E-state index contributed by atoms with van der Waals surface area (Å²) in [6.07, 6.45) is 0. The average Bonchev–Trinajstić information content (AvgIpc) is 2.10. The molecule has 0 radical (unpaired) electrons. The second kappa shape index (κ2) is 4.51. The third-order valence-corrected chi connectivity index (χ3v) is 2.05. The molecule has 1 aromatic carbocycles. The van der Waals surface area contributed by atoms with Gasteiger partial charge in [-0.05, 0) is 12.1 Å². The Labute approximate surface area is 95.4 Å². The number of ether oxygens (including phenoxy) is 1. The zero-order valence-corrected chi connectivity index (χ0v) is 9.09. The Morgan fingerprint density at radius 1 is 1.27 bits per heavy atom. The van der Waals surface area contributed by atoms with Gasteiger partial charge in [-0.1, -0.05) is 23.2 Å². The van der Waals surface area contributed by atoms with E-state index in [0.717, 1.165) is 12.1 Å². The fourth-order valence-corrected chi connectivity index (χ4v) is 1.49. The van der Waals surface area contributed by atoms with Crippen LogP contribution in [0.15, 0.2) is 12.1 Å². The summed E-state index contributed by atoms with van der Waals surface area (Å²) >= 11 is 11.4. The van der Waals surface area contributed by atoms with Gasteiger partial charge in [-0.25, -0.2) is 4.79 Å². The maximum absolute atomic E-state index is 10.7. The van der Waals surface area contributed by atoms with Crippen LogP contribution in [0.5, 0.6) is 5.75 Å². The lowest BCUT2D eigenvalue weighted by Crippen LogP contribution is -2.04. The van der Waals surface area contributed by atoms with Crippen molar-refractivity contribution < 1.29 is 19.4 Å². The van der Waals surface area contributed by atoms with E-state index in [-0.39, 0.29) is 21.4 Å². The van der Waals surface area contributed by atoms with Crippen LogP contribution in [-0.4, -0.2) is 17.0 Å². The zero-order chi connectivity index (χ0) is 11.6. The molecule has 0 aliphatic rings. The smallest absolute Gasteiger partial charge is 0.335 e. The number of aromatic carboxylic acids is 1. The lowest BCUT2D eigenvalue weighted by Gasteiger charge is -2.07. The van der Waals surface area contributed by atoms with Crippen LogP contribution in [0.4, 0.5) is 0 Å². The molecule has 0 saturated heterocycles. The monoisotopic (exact) mass is 248 g/mol. The van der Waals surface area contributed by atoms with Crippen LogP contribution < -0.4 is 4.74 Å². The van der Waals surface area contributed by atoms with Crippen LogP contribution in [-0.2, 0) is 4.79 Å². The van der Waals surface area contributed by atoms with Crippen molar-refractivity contribution in [2.75, 3.05) is 0 Å². The highest BCUT2D eigenvalue weighted by atomic mass is 35.5. The molecular weight excluding hydrogens is 243 g/mol. The van der Waals surface area contributed by atoms with Crippen molar-refractivity contribution in [2.24, 2.45) is 0 Å². The standard InChI is InChI=1S/C9H6Cl2O4/c1-4(12)15-8-6(10)2-5(9(13)14)3-7(8)11/h2-3H,1H3,(H,13,14). The number of carboxylic acid groups (broad SMARTS) is 1. The molecule has 0 spiro atoms. The van der Waals surface area contributed by atoms with Crippen LogP contribution in [0.25, 0.3) is 0 Å². The number of halogens is 2. The summed E-state index contributed by atoms with van der Waals surface area (Å²) in [7, 11) is 0. The molecule has 0 amide bonds. The van der Waals surface area contributed by atoms with Crippen molar-refractivity contribution in [3.63, 3.8) is 0 Å². The van der Waals surface area contributed by atoms with Gasteiger partial charge in [-0.2, -0.15) is 0 Å². The van der Waals surface area contributed by atoms with E-state index in [4.69, 9.17) is 33.0 Å². The number of carbonyl (C=O) groups is 2. The number of benzene rings is 1. The van der Waals surface area contributed by atoms with E-state index in [1.807, 2.05) is 0 Å². The highest BCUT2D eigenvalue weighted by Gasteiger charge is 2.14. The Balaban J connectivity index is 3.21. The van der Waals surface area contributed by atoms with Crippen molar-refractivity contribution in [1.82, 2.24) is 0 Å². The first-order chi connectivity index (χ1) is 6.91. The molecule has 0 aliphatic heterocycles. The van der Waals surface area contributed by atoms with E-state index in [2.05, 4.69) is 0 Å². The fraction of sp³-hybridized carbons (Fsp3) is 0.111. The van der Waals surface area contributed by atoms with Crippen molar-refractivity contribution >= 4 is 35.1 Å². The minimum atomic E-state index is -1.16. The van der Waals surface area contributed by atoms with Gasteiger partial charge in [-0.15, -0.1) is 0 Å². The van der Waals surface area contributed by atoms with Gasteiger partial charge >= 0.3 is 11.9 Å². The van der Waals surface area contributed by atoms with Gasteiger partial charge in [0.15, 0.2) is 5.75 Å². The first-order valence-corrected chi connectivity index (χ1v) is 4.58. The quantitative estimate of drug-likeness (QED) is 0.646. The minimum absolute atomic E-state index is 0.0184. The van der Waals surface area contributed by atoms with Crippen molar-refractivity contribution in [3.05, 3.63) is 27.7 Å². The van der Waals surface area contributed by atoms with E-state index in [9.17, 15) is 9.59 Å². The number of carbonyl (C=O) groups excluding carboxylic acids is 1. The Morgan fingerprint density at radius 3 is 2.07 bits per heavy atom. The number of hydrogen-bond donors (Lipinski definition) is 1. The van der Waals surface area contributed by atoms with Crippen LogP contribution in [0.3, 0.4) is 0 Å². The second-order valence-corrected chi connectivity index (χ2v) is 3.48. The largest absolute Gasteiger partial charge is 0.478 e. The molecule has 80 valence electrons. The summed E-state index contributed by atoms with van der Waals surface area (Å²) in [5, 5.41) is 8.64. The topological polar surface area (TPSA) is 63.6 Å². The molecule has 0 fully saturated rings. The molecule has 0 saturated carbocycles. The molecule has 1 rings (SSSR count).